The van der Waals surface area contributed by atoms with Gasteiger partial charge in [0.05, 0.1) is 35.1 Å². The van der Waals surface area contributed by atoms with Crippen molar-refractivity contribution in [3.05, 3.63) is 75.7 Å². The fraction of sp³-hybridized carbons (Fsp3) is 0.238. The molecule has 4 rings (SSSR count). The summed E-state index contributed by atoms with van der Waals surface area (Å²) in [7, 11) is 3.05. The van der Waals surface area contributed by atoms with Gasteiger partial charge >= 0.3 is 0 Å². The molecule has 1 unspecified atom stereocenters. The predicted molar refractivity (Wildman–Crippen MR) is 110 cm³/mol. The lowest BCUT2D eigenvalue weighted by atomic mass is 9.90. The van der Waals surface area contributed by atoms with Crippen LogP contribution in [0, 0.1) is 0 Å². The van der Waals surface area contributed by atoms with E-state index in [9.17, 15) is 9.59 Å². The summed E-state index contributed by atoms with van der Waals surface area (Å²) in [4.78, 5) is 30.9. The molecule has 7 nitrogen and oxygen atoms in total. The molecule has 1 amide bonds. The number of alkyl halides is 1. The third-order valence-electron chi connectivity index (χ3n) is 5.12. The Morgan fingerprint density at radius 3 is 2.83 bits per heavy atom. The second-order valence-corrected chi connectivity index (χ2v) is 7.84. The van der Waals surface area contributed by atoms with Gasteiger partial charge in [-0.25, -0.2) is 13.9 Å². The number of allylic oxidation sites excluding steroid dienone is 3. The Morgan fingerprint density at radius 2 is 2.17 bits per heavy atom. The van der Waals surface area contributed by atoms with Crippen LogP contribution >= 0.6 is 11.3 Å². The standard InChI is InChI=1S/C21H19FN4O3S/c1-13(27)25(2)15-11-21(22,8-6-16(15)29-3)18-7-9-23-20-14(12-24-26(18)20)19(28)17-5-4-10-30-17/h4-10,12H,11H2,1-3H3. The first-order chi connectivity index (χ1) is 14.4. The highest BCUT2D eigenvalue weighted by molar-refractivity contribution is 7.12. The Labute approximate surface area is 176 Å². The SMILES string of the molecule is COC1=C(N(C)C(C)=O)CC(F)(c2ccnc3c(C(=O)c4cccs4)cnn23)C=C1. The maximum absolute atomic E-state index is 16.2. The molecule has 0 aliphatic heterocycles. The van der Waals surface area contributed by atoms with Gasteiger partial charge in [-0.2, -0.15) is 5.10 Å². The van der Waals surface area contributed by atoms with Crippen molar-refractivity contribution in [1.82, 2.24) is 19.5 Å². The second kappa shape index (κ2) is 7.49. The number of hydrogen-bond donors (Lipinski definition) is 0. The number of nitrogens with zero attached hydrogens (tertiary/aromatic N) is 4. The summed E-state index contributed by atoms with van der Waals surface area (Å²) in [5.74, 6) is -0.0318. The molecule has 3 aromatic rings. The van der Waals surface area contributed by atoms with Crippen LogP contribution in [0.25, 0.3) is 5.65 Å². The molecule has 1 aliphatic carbocycles. The highest BCUT2D eigenvalue weighted by atomic mass is 32.1. The van der Waals surface area contributed by atoms with Crippen LogP contribution < -0.4 is 0 Å². The van der Waals surface area contributed by atoms with Gasteiger partial charge in [-0.1, -0.05) is 6.07 Å². The van der Waals surface area contributed by atoms with E-state index in [1.54, 1.807) is 19.2 Å². The summed E-state index contributed by atoms with van der Waals surface area (Å²) in [5.41, 5.74) is -0.769. The topological polar surface area (TPSA) is 76.8 Å². The number of ether oxygens (including phenoxy) is 1. The number of fused-ring (bicyclic) bond motifs is 1. The van der Waals surface area contributed by atoms with Crippen LogP contribution in [0.1, 0.15) is 34.3 Å². The molecule has 3 aromatic heterocycles. The minimum Gasteiger partial charge on any atom is -0.495 e. The van der Waals surface area contributed by atoms with Gasteiger partial charge in [-0.05, 0) is 29.7 Å². The van der Waals surface area contributed by atoms with Crippen LogP contribution in [0.3, 0.4) is 0 Å². The smallest absolute Gasteiger partial charge is 0.223 e. The number of carbonyl (C=O) groups is 2. The molecule has 0 fully saturated rings. The van der Waals surface area contributed by atoms with Gasteiger partial charge in [0.15, 0.2) is 11.3 Å². The van der Waals surface area contributed by atoms with E-state index < -0.39 is 5.67 Å². The van der Waals surface area contributed by atoms with Crippen molar-refractivity contribution in [3.63, 3.8) is 0 Å². The molecule has 0 saturated carbocycles. The minimum absolute atomic E-state index is 0.129. The van der Waals surface area contributed by atoms with Crippen molar-refractivity contribution < 1.29 is 18.7 Å². The number of aromatic nitrogens is 3. The Bertz CT molecular complexity index is 1200. The van der Waals surface area contributed by atoms with Crippen LogP contribution in [0.5, 0.6) is 0 Å². The van der Waals surface area contributed by atoms with E-state index in [1.807, 2.05) is 5.38 Å². The Hall–Kier alpha value is -3.33. The monoisotopic (exact) mass is 426 g/mol. The summed E-state index contributed by atoms with van der Waals surface area (Å²) in [6, 6.07) is 5.04. The van der Waals surface area contributed by atoms with E-state index in [0.717, 1.165) is 0 Å². The molecule has 30 heavy (non-hydrogen) atoms. The summed E-state index contributed by atoms with van der Waals surface area (Å²) >= 11 is 1.32. The van der Waals surface area contributed by atoms with Crippen molar-refractivity contribution in [2.24, 2.45) is 0 Å². The highest BCUT2D eigenvalue weighted by Crippen LogP contribution is 2.40. The number of halogens is 1. The number of rotatable bonds is 5. The number of amides is 1. The lowest BCUT2D eigenvalue weighted by Gasteiger charge is -2.31. The molecule has 1 atom stereocenters. The average Bonchev–Trinajstić information content (AvgIpc) is 3.42. The number of carbonyl (C=O) groups excluding carboxylic acids is 2. The number of hydrogen-bond acceptors (Lipinski definition) is 6. The zero-order chi connectivity index (χ0) is 21.5. The van der Waals surface area contributed by atoms with Gasteiger partial charge in [0, 0.05) is 26.6 Å². The summed E-state index contributed by atoms with van der Waals surface area (Å²) in [6.07, 6.45) is 5.61. The van der Waals surface area contributed by atoms with Crippen LogP contribution in [-0.2, 0) is 15.2 Å². The fourth-order valence-corrected chi connectivity index (χ4v) is 4.11. The third kappa shape index (κ3) is 3.21. The maximum atomic E-state index is 16.2. The third-order valence-corrected chi connectivity index (χ3v) is 5.99. The fourth-order valence-electron chi connectivity index (χ4n) is 3.44. The van der Waals surface area contributed by atoms with Crippen LogP contribution in [0.2, 0.25) is 0 Å². The maximum Gasteiger partial charge on any atom is 0.223 e. The van der Waals surface area contributed by atoms with Crippen LogP contribution in [0.4, 0.5) is 4.39 Å². The lowest BCUT2D eigenvalue weighted by molar-refractivity contribution is -0.126. The summed E-state index contributed by atoms with van der Waals surface area (Å²) in [5, 5.41) is 6.06. The van der Waals surface area contributed by atoms with Gasteiger partial charge in [0.2, 0.25) is 11.7 Å². The number of methoxy groups -OCH3 is 1. The summed E-state index contributed by atoms with van der Waals surface area (Å²) in [6.45, 7) is 1.40. The molecule has 154 valence electrons. The second-order valence-electron chi connectivity index (χ2n) is 6.90. The average molecular weight is 426 g/mol. The van der Waals surface area contributed by atoms with E-state index in [4.69, 9.17) is 4.74 Å². The molecular weight excluding hydrogens is 407 g/mol. The van der Waals surface area contributed by atoms with E-state index in [-0.39, 0.29) is 29.5 Å². The van der Waals surface area contributed by atoms with Crippen molar-refractivity contribution in [3.8, 4) is 0 Å². The van der Waals surface area contributed by atoms with E-state index in [0.29, 0.717) is 21.9 Å². The van der Waals surface area contributed by atoms with E-state index in [2.05, 4.69) is 10.1 Å². The zero-order valence-electron chi connectivity index (χ0n) is 16.6. The molecular formula is C21H19FN4O3S. The lowest BCUT2D eigenvalue weighted by Crippen LogP contribution is -2.33. The Morgan fingerprint density at radius 1 is 1.37 bits per heavy atom. The first kappa shape index (κ1) is 20.0. The normalized spacial score (nSPS) is 18.7. The van der Waals surface area contributed by atoms with Crippen molar-refractivity contribution in [1.29, 1.82) is 0 Å². The number of thiophene rings is 1. The van der Waals surface area contributed by atoms with Crippen molar-refractivity contribution in [2.75, 3.05) is 14.2 Å². The Balaban J connectivity index is 1.79. The van der Waals surface area contributed by atoms with E-state index >= 15 is 4.39 Å². The van der Waals surface area contributed by atoms with Gasteiger partial charge in [0.25, 0.3) is 0 Å². The van der Waals surface area contributed by atoms with Gasteiger partial charge in [-0.3, -0.25) is 9.59 Å². The Kier molecular flexibility index (Phi) is 4.98. The quantitative estimate of drug-likeness (QED) is 0.584. The number of ketones is 1. The van der Waals surface area contributed by atoms with Gasteiger partial charge in [-0.15, -0.1) is 11.3 Å². The molecule has 1 aliphatic rings. The molecule has 3 heterocycles. The first-order valence-corrected chi connectivity index (χ1v) is 10.0. The van der Waals surface area contributed by atoms with Gasteiger partial charge < -0.3 is 9.64 Å². The summed E-state index contributed by atoms with van der Waals surface area (Å²) < 4.78 is 22.9. The molecule has 0 N–H and O–H groups in total. The minimum atomic E-state index is -1.97. The molecule has 9 heteroatoms. The van der Waals surface area contributed by atoms with E-state index in [1.165, 1.54) is 65.4 Å². The molecule has 0 bridgehead atoms. The van der Waals surface area contributed by atoms with Crippen LogP contribution in [0.15, 0.2) is 59.6 Å². The van der Waals surface area contributed by atoms with Crippen molar-refractivity contribution in [2.45, 2.75) is 19.0 Å². The van der Waals surface area contributed by atoms with Crippen LogP contribution in [-0.4, -0.2) is 45.3 Å². The molecule has 0 radical (unpaired) electrons. The van der Waals surface area contributed by atoms with Gasteiger partial charge in [0.1, 0.15) is 5.76 Å². The largest absolute Gasteiger partial charge is 0.495 e. The molecule has 0 spiro atoms. The molecule has 0 saturated heterocycles. The highest BCUT2D eigenvalue weighted by Gasteiger charge is 2.39. The first-order valence-electron chi connectivity index (χ1n) is 9.16. The predicted octanol–water partition coefficient (Wildman–Crippen LogP) is 3.48. The van der Waals surface area contributed by atoms with Crippen molar-refractivity contribution >= 4 is 28.7 Å². The zero-order valence-corrected chi connectivity index (χ0v) is 17.4. The molecule has 0 aromatic carbocycles.